The molecule has 1 aliphatic rings. The van der Waals surface area contributed by atoms with E-state index in [4.69, 9.17) is 5.73 Å². The van der Waals surface area contributed by atoms with Crippen LogP contribution in [0, 0.1) is 0 Å². The van der Waals surface area contributed by atoms with Gasteiger partial charge in [-0.3, -0.25) is 0 Å². The van der Waals surface area contributed by atoms with Crippen LogP contribution < -0.4 is 11.1 Å². The smallest absolute Gasteiger partial charge is 0.314 e. The molecule has 0 atom stereocenters. The van der Waals surface area contributed by atoms with Gasteiger partial charge in [0, 0.05) is 19.1 Å². The standard InChI is InChI=1S/C12H26N4O/c1-15(2)8-4-3-7-14-11-5-9-16(10-6-11)12(13)17/h11,14H,3-10H2,1-2H3,(H2,13,17). The molecule has 2 amide bonds. The lowest BCUT2D eigenvalue weighted by Gasteiger charge is -2.31. The summed E-state index contributed by atoms with van der Waals surface area (Å²) in [6, 6.07) is 0.277. The molecule has 0 aromatic rings. The molecule has 3 N–H and O–H groups in total. The van der Waals surface area contributed by atoms with E-state index in [1.807, 2.05) is 0 Å². The number of amides is 2. The lowest BCUT2D eigenvalue weighted by atomic mass is 10.1. The second kappa shape index (κ2) is 7.50. The largest absolute Gasteiger partial charge is 0.351 e. The van der Waals surface area contributed by atoms with Crippen LogP contribution in [-0.4, -0.2) is 62.1 Å². The highest BCUT2D eigenvalue weighted by atomic mass is 16.2. The molecule has 0 aromatic carbocycles. The van der Waals surface area contributed by atoms with Crippen molar-refractivity contribution in [3.8, 4) is 0 Å². The SMILES string of the molecule is CN(C)CCCCNC1CCN(C(N)=O)CC1. The summed E-state index contributed by atoms with van der Waals surface area (Å²) in [7, 11) is 4.21. The third-order valence-corrected chi connectivity index (χ3v) is 3.27. The topological polar surface area (TPSA) is 61.6 Å². The molecule has 0 radical (unpaired) electrons. The van der Waals surface area contributed by atoms with E-state index < -0.39 is 0 Å². The molecule has 0 bridgehead atoms. The van der Waals surface area contributed by atoms with Gasteiger partial charge in [-0.2, -0.15) is 0 Å². The average Bonchev–Trinajstić information content (AvgIpc) is 2.29. The summed E-state index contributed by atoms with van der Waals surface area (Å²) in [5.41, 5.74) is 5.24. The van der Waals surface area contributed by atoms with Gasteiger partial charge < -0.3 is 20.9 Å². The molecule has 17 heavy (non-hydrogen) atoms. The zero-order chi connectivity index (χ0) is 12.7. The number of hydrogen-bond acceptors (Lipinski definition) is 3. The number of hydrogen-bond donors (Lipinski definition) is 2. The average molecular weight is 242 g/mol. The van der Waals surface area contributed by atoms with Crippen molar-refractivity contribution in [2.24, 2.45) is 5.73 Å². The molecule has 0 aromatic heterocycles. The first-order valence-corrected chi connectivity index (χ1v) is 6.52. The number of rotatable bonds is 6. The normalized spacial score (nSPS) is 17.7. The molecule has 0 saturated carbocycles. The highest BCUT2D eigenvalue weighted by Gasteiger charge is 2.20. The number of carbonyl (C=O) groups is 1. The van der Waals surface area contributed by atoms with E-state index in [9.17, 15) is 4.79 Å². The van der Waals surface area contributed by atoms with Crippen LogP contribution in [0.4, 0.5) is 4.79 Å². The molecule has 1 saturated heterocycles. The van der Waals surface area contributed by atoms with Crippen molar-refractivity contribution in [2.45, 2.75) is 31.7 Å². The van der Waals surface area contributed by atoms with E-state index in [-0.39, 0.29) is 6.03 Å². The van der Waals surface area contributed by atoms with Crippen LogP contribution in [0.2, 0.25) is 0 Å². The molecule has 0 unspecified atom stereocenters. The van der Waals surface area contributed by atoms with E-state index >= 15 is 0 Å². The number of piperidine rings is 1. The summed E-state index contributed by atoms with van der Waals surface area (Å²) in [6.45, 7) is 3.83. The maximum atomic E-state index is 10.9. The van der Waals surface area contributed by atoms with Gasteiger partial charge >= 0.3 is 6.03 Å². The molecule has 1 heterocycles. The Morgan fingerprint density at radius 1 is 1.35 bits per heavy atom. The highest BCUT2D eigenvalue weighted by Crippen LogP contribution is 2.09. The summed E-state index contributed by atoms with van der Waals surface area (Å²) in [5.74, 6) is 0. The minimum Gasteiger partial charge on any atom is -0.351 e. The van der Waals surface area contributed by atoms with Gasteiger partial charge in [0.05, 0.1) is 0 Å². The molecule has 100 valence electrons. The molecule has 5 nitrogen and oxygen atoms in total. The summed E-state index contributed by atoms with van der Waals surface area (Å²) in [4.78, 5) is 14.9. The van der Waals surface area contributed by atoms with E-state index in [0.717, 1.165) is 39.0 Å². The van der Waals surface area contributed by atoms with Gasteiger partial charge in [-0.1, -0.05) is 0 Å². The summed E-state index contributed by atoms with van der Waals surface area (Å²) in [6.07, 6.45) is 4.50. The van der Waals surface area contributed by atoms with E-state index in [1.165, 1.54) is 12.8 Å². The maximum Gasteiger partial charge on any atom is 0.314 e. The van der Waals surface area contributed by atoms with Crippen molar-refractivity contribution in [3.63, 3.8) is 0 Å². The Morgan fingerprint density at radius 3 is 2.53 bits per heavy atom. The Labute approximate surface area is 104 Å². The van der Waals surface area contributed by atoms with Crippen LogP contribution in [0.1, 0.15) is 25.7 Å². The maximum absolute atomic E-state index is 10.9. The predicted octanol–water partition coefficient (Wildman–Crippen LogP) is 0.461. The number of urea groups is 1. The molecule has 0 aliphatic carbocycles. The van der Waals surface area contributed by atoms with E-state index in [0.29, 0.717) is 6.04 Å². The quantitative estimate of drug-likeness (QED) is 0.665. The van der Waals surface area contributed by atoms with Gasteiger partial charge in [-0.25, -0.2) is 4.79 Å². The van der Waals surface area contributed by atoms with Gasteiger partial charge in [-0.15, -0.1) is 0 Å². The summed E-state index contributed by atoms with van der Waals surface area (Å²) < 4.78 is 0. The fourth-order valence-electron chi connectivity index (χ4n) is 2.16. The number of unbranched alkanes of at least 4 members (excludes halogenated alkanes) is 1. The fourth-order valence-corrected chi connectivity index (χ4v) is 2.16. The van der Waals surface area contributed by atoms with Crippen LogP contribution in [0.3, 0.4) is 0 Å². The molecule has 1 rings (SSSR count). The van der Waals surface area contributed by atoms with Gasteiger partial charge in [0.2, 0.25) is 0 Å². The minimum atomic E-state index is -0.283. The summed E-state index contributed by atoms with van der Waals surface area (Å²) >= 11 is 0. The van der Waals surface area contributed by atoms with Crippen molar-refractivity contribution in [1.29, 1.82) is 0 Å². The van der Waals surface area contributed by atoms with Gasteiger partial charge in [0.25, 0.3) is 0 Å². The first-order chi connectivity index (χ1) is 8.09. The Balaban J connectivity index is 2.01. The lowest BCUT2D eigenvalue weighted by molar-refractivity contribution is 0.185. The number of nitrogens with two attached hydrogens (primary N) is 1. The van der Waals surface area contributed by atoms with Crippen LogP contribution in [0.25, 0.3) is 0 Å². The van der Waals surface area contributed by atoms with Crippen molar-refractivity contribution in [2.75, 3.05) is 40.3 Å². The fraction of sp³-hybridized carbons (Fsp3) is 0.917. The van der Waals surface area contributed by atoms with Crippen LogP contribution in [-0.2, 0) is 0 Å². The second-order valence-corrected chi connectivity index (χ2v) is 5.06. The Hall–Kier alpha value is -0.810. The zero-order valence-corrected chi connectivity index (χ0v) is 11.1. The number of carbonyl (C=O) groups excluding carboxylic acids is 1. The highest BCUT2D eigenvalue weighted by molar-refractivity contribution is 5.72. The molecule has 1 aliphatic heterocycles. The van der Waals surface area contributed by atoms with Crippen molar-refractivity contribution in [3.05, 3.63) is 0 Å². The predicted molar refractivity (Wildman–Crippen MR) is 70.0 cm³/mol. The number of likely N-dealkylation sites (tertiary alicyclic amines) is 1. The minimum absolute atomic E-state index is 0.283. The molecular formula is C12H26N4O. The van der Waals surface area contributed by atoms with Crippen LogP contribution >= 0.6 is 0 Å². The van der Waals surface area contributed by atoms with Gasteiger partial charge in [0.1, 0.15) is 0 Å². The third kappa shape index (κ3) is 5.89. The van der Waals surface area contributed by atoms with Gasteiger partial charge in [-0.05, 0) is 52.9 Å². The third-order valence-electron chi connectivity index (χ3n) is 3.27. The molecule has 0 spiro atoms. The van der Waals surface area contributed by atoms with Crippen LogP contribution in [0.5, 0.6) is 0 Å². The second-order valence-electron chi connectivity index (χ2n) is 5.06. The van der Waals surface area contributed by atoms with E-state index in [1.54, 1.807) is 4.90 Å². The van der Waals surface area contributed by atoms with Crippen molar-refractivity contribution >= 4 is 6.03 Å². The van der Waals surface area contributed by atoms with Gasteiger partial charge in [0.15, 0.2) is 0 Å². The molecule has 5 heteroatoms. The first-order valence-electron chi connectivity index (χ1n) is 6.52. The number of nitrogens with zero attached hydrogens (tertiary/aromatic N) is 2. The Bertz CT molecular complexity index is 225. The van der Waals surface area contributed by atoms with Crippen LogP contribution in [0.15, 0.2) is 0 Å². The van der Waals surface area contributed by atoms with Crippen molar-refractivity contribution < 1.29 is 4.79 Å². The van der Waals surface area contributed by atoms with E-state index in [2.05, 4.69) is 24.3 Å². The first kappa shape index (κ1) is 14.3. The Kier molecular flexibility index (Phi) is 6.29. The van der Waals surface area contributed by atoms with Crippen molar-refractivity contribution in [1.82, 2.24) is 15.1 Å². The number of primary amides is 1. The molecular weight excluding hydrogens is 216 g/mol. The monoisotopic (exact) mass is 242 g/mol. The summed E-state index contributed by atoms with van der Waals surface area (Å²) in [5, 5.41) is 3.56. The number of nitrogens with one attached hydrogen (secondary N) is 1. The molecule has 1 fully saturated rings. The zero-order valence-electron chi connectivity index (χ0n) is 11.1. The lowest BCUT2D eigenvalue weighted by Crippen LogP contribution is -2.47. The Morgan fingerprint density at radius 2 is 2.00 bits per heavy atom.